The first-order valence-corrected chi connectivity index (χ1v) is 8.95. The zero-order valence-corrected chi connectivity index (χ0v) is 15.6. The first-order valence-electron chi connectivity index (χ1n) is 7.36. The van der Waals surface area contributed by atoms with Crippen LogP contribution in [0.15, 0.2) is 21.1 Å². The van der Waals surface area contributed by atoms with Crippen molar-refractivity contribution in [3.8, 4) is 0 Å². The molecule has 0 N–H and O–H groups in total. The van der Waals surface area contributed by atoms with E-state index in [-0.39, 0.29) is 5.41 Å². The lowest BCUT2D eigenvalue weighted by atomic mass is 9.73. The highest BCUT2D eigenvalue weighted by molar-refractivity contribution is 9.11. The van der Waals surface area contributed by atoms with Gasteiger partial charge in [0.15, 0.2) is 5.78 Å². The van der Waals surface area contributed by atoms with Crippen molar-refractivity contribution in [1.82, 2.24) is 0 Å². The molecule has 0 amide bonds. The standard InChI is InChI=1S/C17H22Br2O/c1-11(2)10-17(6-4-5-7-17)16(20)13-9-14(18)12(3)8-15(13)19/h8-9,11H,4-7,10H2,1-3H3. The van der Waals surface area contributed by atoms with Crippen LogP contribution >= 0.6 is 31.9 Å². The number of hydrogen-bond acceptors (Lipinski definition) is 1. The van der Waals surface area contributed by atoms with E-state index in [0.717, 1.165) is 39.3 Å². The van der Waals surface area contributed by atoms with Crippen LogP contribution in [0.2, 0.25) is 0 Å². The summed E-state index contributed by atoms with van der Waals surface area (Å²) in [5.41, 5.74) is 1.86. The van der Waals surface area contributed by atoms with Crippen molar-refractivity contribution in [3.63, 3.8) is 0 Å². The Labute approximate surface area is 138 Å². The van der Waals surface area contributed by atoms with Gasteiger partial charge in [0.2, 0.25) is 0 Å². The molecular formula is C17H22Br2O. The van der Waals surface area contributed by atoms with Gasteiger partial charge in [-0.1, -0.05) is 58.5 Å². The molecule has 1 aliphatic carbocycles. The predicted molar refractivity (Wildman–Crippen MR) is 91.3 cm³/mol. The van der Waals surface area contributed by atoms with Crippen molar-refractivity contribution in [2.24, 2.45) is 11.3 Å². The van der Waals surface area contributed by atoms with Crippen LogP contribution in [0, 0.1) is 18.3 Å². The van der Waals surface area contributed by atoms with Gasteiger partial charge in [0.05, 0.1) is 0 Å². The van der Waals surface area contributed by atoms with Gasteiger partial charge < -0.3 is 0 Å². The number of halogens is 2. The second-order valence-corrected chi connectivity index (χ2v) is 8.20. The summed E-state index contributed by atoms with van der Waals surface area (Å²) >= 11 is 7.13. The van der Waals surface area contributed by atoms with E-state index < -0.39 is 0 Å². The van der Waals surface area contributed by atoms with Crippen LogP contribution in [0.25, 0.3) is 0 Å². The highest BCUT2D eigenvalue weighted by Crippen LogP contribution is 2.46. The molecule has 1 fully saturated rings. The Morgan fingerprint density at radius 2 is 1.80 bits per heavy atom. The molecule has 0 saturated heterocycles. The maximum Gasteiger partial charge on any atom is 0.170 e. The van der Waals surface area contributed by atoms with Crippen LogP contribution in [0.3, 0.4) is 0 Å². The maximum atomic E-state index is 13.1. The Kier molecular flexibility index (Phi) is 5.12. The highest BCUT2D eigenvalue weighted by atomic mass is 79.9. The van der Waals surface area contributed by atoms with Gasteiger partial charge in [-0.2, -0.15) is 0 Å². The van der Waals surface area contributed by atoms with Gasteiger partial charge in [-0.15, -0.1) is 0 Å². The number of carbonyl (C=O) groups is 1. The lowest BCUT2D eigenvalue weighted by Gasteiger charge is -2.30. The molecule has 2 rings (SSSR count). The Bertz CT molecular complexity index is 514. The van der Waals surface area contributed by atoms with Gasteiger partial charge in [0.25, 0.3) is 0 Å². The molecule has 1 nitrogen and oxygen atoms in total. The normalized spacial score (nSPS) is 17.7. The topological polar surface area (TPSA) is 17.1 Å². The smallest absolute Gasteiger partial charge is 0.170 e. The molecule has 0 aromatic heterocycles. The van der Waals surface area contributed by atoms with Crippen molar-refractivity contribution >= 4 is 37.6 Å². The third-order valence-electron chi connectivity index (χ3n) is 4.33. The molecule has 0 heterocycles. The van der Waals surface area contributed by atoms with E-state index in [1.165, 1.54) is 12.8 Å². The number of ketones is 1. The molecule has 1 aromatic rings. The minimum atomic E-state index is -0.134. The minimum absolute atomic E-state index is 0.134. The average Bonchev–Trinajstić information content (AvgIpc) is 2.81. The van der Waals surface area contributed by atoms with Crippen LogP contribution in [0.5, 0.6) is 0 Å². The molecule has 0 unspecified atom stereocenters. The second kappa shape index (κ2) is 6.31. The summed E-state index contributed by atoms with van der Waals surface area (Å²) in [5.74, 6) is 0.890. The van der Waals surface area contributed by atoms with Crippen molar-refractivity contribution in [2.75, 3.05) is 0 Å². The van der Waals surface area contributed by atoms with Crippen molar-refractivity contribution in [2.45, 2.75) is 52.9 Å². The molecule has 3 heteroatoms. The zero-order valence-electron chi connectivity index (χ0n) is 12.4. The maximum absolute atomic E-state index is 13.1. The number of aryl methyl sites for hydroxylation is 1. The summed E-state index contributed by atoms with van der Waals surface area (Å²) in [4.78, 5) is 13.1. The number of hydrogen-bond donors (Lipinski definition) is 0. The van der Waals surface area contributed by atoms with Crippen molar-refractivity contribution in [3.05, 3.63) is 32.2 Å². The third kappa shape index (κ3) is 3.19. The SMILES string of the molecule is Cc1cc(Br)c(C(=O)C2(CC(C)C)CCCC2)cc1Br. The number of benzene rings is 1. The Morgan fingerprint density at radius 1 is 1.20 bits per heavy atom. The van der Waals surface area contributed by atoms with E-state index in [9.17, 15) is 4.79 Å². The van der Waals surface area contributed by atoms with Crippen molar-refractivity contribution in [1.29, 1.82) is 0 Å². The van der Waals surface area contributed by atoms with Gasteiger partial charge in [-0.3, -0.25) is 4.79 Å². The third-order valence-corrected chi connectivity index (χ3v) is 5.84. The summed E-state index contributed by atoms with van der Waals surface area (Å²) in [5, 5.41) is 0. The molecule has 0 atom stereocenters. The van der Waals surface area contributed by atoms with E-state index in [0.29, 0.717) is 11.7 Å². The summed E-state index contributed by atoms with van der Waals surface area (Å²) in [6.07, 6.45) is 5.46. The Morgan fingerprint density at radius 3 is 2.35 bits per heavy atom. The first-order chi connectivity index (χ1) is 9.35. The average molecular weight is 402 g/mol. The fourth-order valence-electron chi connectivity index (χ4n) is 3.46. The van der Waals surface area contributed by atoms with E-state index in [1.54, 1.807) is 0 Å². The quantitative estimate of drug-likeness (QED) is 0.540. The van der Waals surface area contributed by atoms with Crippen molar-refractivity contribution < 1.29 is 4.79 Å². The minimum Gasteiger partial charge on any atom is -0.294 e. The number of rotatable bonds is 4. The molecule has 0 radical (unpaired) electrons. The van der Waals surface area contributed by atoms with Gasteiger partial charge in [0.1, 0.15) is 0 Å². The van der Waals surface area contributed by atoms with E-state index in [4.69, 9.17) is 0 Å². The predicted octanol–water partition coefficient (Wildman–Crippen LogP) is 6.31. The molecule has 1 saturated carbocycles. The van der Waals surface area contributed by atoms with Gasteiger partial charge in [-0.25, -0.2) is 0 Å². The van der Waals surface area contributed by atoms with Crippen LogP contribution in [-0.4, -0.2) is 5.78 Å². The number of carbonyl (C=O) groups excluding carboxylic acids is 1. The van der Waals surface area contributed by atoms with E-state index in [1.807, 2.05) is 19.1 Å². The molecule has 0 spiro atoms. The monoisotopic (exact) mass is 400 g/mol. The zero-order chi connectivity index (χ0) is 14.9. The summed E-state index contributed by atoms with van der Waals surface area (Å²) in [6.45, 7) is 6.48. The molecule has 110 valence electrons. The summed E-state index contributed by atoms with van der Waals surface area (Å²) in [7, 11) is 0. The van der Waals surface area contributed by atoms with Crippen LogP contribution < -0.4 is 0 Å². The molecule has 0 bridgehead atoms. The second-order valence-electron chi connectivity index (χ2n) is 6.50. The van der Waals surface area contributed by atoms with E-state index in [2.05, 4.69) is 45.7 Å². The molecule has 0 aliphatic heterocycles. The Hall–Kier alpha value is -0.150. The number of Topliss-reactive ketones (excluding diaryl/α,β-unsaturated/α-hetero) is 1. The van der Waals surface area contributed by atoms with Crippen LogP contribution in [0.1, 0.15) is 61.9 Å². The highest BCUT2D eigenvalue weighted by Gasteiger charge is 2.42. The van der Waals surface area contributed by atoms with Gasteiger partial charge in [-0.05, 0) is 49.8 Å². The molecule has 1 aliphatic rings. The van der Waals surface area contributed by atoms with Gasteiger partial charge in [0, 0.05) is 19.9 Å². The fraction of sp³-hybridized carbons (Fsp3) is 0.588. The lowest BCUT2D eigenvalue weighted by molar-refractivity contribution is 0.0759. The van der Waals surface area contributed by atoms with Crippen LogP contribution in [-0.2, 0) is 0 Å². The van der Waals surface area contributed by atoms with Crippen LogP contribution in [0.4, 0.5) is 0 Å². The molecule has 20 heavy (non-hydrogen) atoms. The summed E-state index contributed by atoms with van der Waals surface area (Å²) < 4.78 is 1.94. The molecule has 1 aromatic carbocycles. The largest absolute Gasteiger partial charge is 0.294 e. The summed E-state index contributed by atoms with van der Waals surface area (Å²) in [6, 6.07) is 4.03. The van der Waals surface area contributed by atoms with E-state index >= 15 is 0 Å². The van der Waals surface area contributed by atoms with Gasteiger partial charge >= 0.3 is 0 Å². The Balaban J connectivity index is 2.40. The fourth-order valence-corrected chi connectivity index (χ4v) is 4.44. The lowest BCUT2D eigenvalue weighted by Crippen LogP contribution is -2.30. The first kappa shape index (κ1) is 16.2. The molecular weight excluding hydrogens is 380 g/mol.